The molecule has 7 heteroatoms. The van der Waals surface area contributed by atoms with Gasteiger partial charge in [-0.1, -0.05) is 41.9 Å². The van der Waals surface area contributed by atoms with E-state index in [1.165, 1.54) is 6.21 Å². The number of carbonyl (C=O) groups excluding carboxylic acids is 1. The third-order valence-corrected chi connectivity index (χ3v) is 5.25. The quantitative estimate of drug-likeness (QED) is 0.313. The number of aromatic nitrogens is 1. The number of amides is 1. The third kappa shape index (κ3) is 4.76. The van der Waals surface area contributed by atoms with Gasteiger partial charge in [-0.25, -0.2) is 5.43 Å². The van der Waals surface area contributed by atoms with Crippen LogP contribution in [0.3, 0.4) is 0 Å². The number of hydrogen-bond donors (Lipinski definition) is 1. The number of nitrogens with one attached hydrogen (secondary N) is 1. The topological polar surface area (TPSA) is 64.8 Å². The first-order valence-electron chi connectivity index (χ1n) is 9.98. The summed E-state index contributed by atoms with van der Waals surface area (Å²) in [6.07, 6.45) is 3.31. The van der Waals surface area contributed by atoms with Gasteiger partial charge in [0.25, 0.3) is 5.91 Å². The van der Waals surface area contributed by atoms with Crippen LogP contribution >= 0.6 is 11.6 Å². The van der Waals surface area contributed by atoms with E-state index in [2.05, 4.69) is 10.5 Å². The Labute approximate surface area is 191 Å². The van der Waals surface area contributed by atoms with Crippen LogP contribution in [-0.2, 0) is 13.7 Å². The lowest BCUT2D eigenvalue weighted by molar-refractivity contribution is 0.0956. The van der Waals surface area contributed by atoms with Crippen molar-refractivity contribution >= 4 is 34.6 Å². The fourth-order valence-corrected chi connectivity index (χ4v) is 3.60. The average Bonchev–Trinajstić information content (AvgIpc) is 3.15. The van der Waals surface area contributed by atoms with Crippen LogP contribution in [-0.4, -0.2) is 23.8 Å². The number of ether oxygens (including phenoxy) is 2. The molecule has 162 valence electrons. The lowest BCUT2D eigenvalue weighted by Crippen LogP contribution is -2.17. The second-order valence-electron chi connectivity index (χ2n) is 7.19. The van der Waals surface area contributed by atoms with Gasteiger partial charge >= 0.3 is 0 Å². The molecule has 32 heavy (non-hydrogen) atoms. The molecule has 1 amide bonds. The molecule has 6 nitrogen and oxygen atoms in total. The molecule has 0 atom stereocenters. The molecule has 0 unspecified atom stereocenters. The smallest absolute Gasteiger partial charge is 0.273 e. The van der Waals surface area contributed by atoms with E-state index in [4.69, 9.17) is 21.1 Å². The molecule has 0 bridgehead atoms. The molecule has 0 saturated carbocycles. The highest BCUT2D eigenvalue weighted by atomic mass is 35.5. The van der Waals surface area contributed by atoms with E-state index < -0.39 is 0 Å². The van der Waals surface area contributed by atoms with Gasteiger partial charge in [0, 0.05) is 34.7 Å². The zero-order valence-electron chi connectivity index (χ0n) is 17.7. The van der Waals surface area contributed by atoms with Gasteiger partial charge in [0.1, 0.15) is 18.1 Å². The number of aryl methyl sites for hydroxylation is 1. The third-order valence-electron chi connectivity index (χ3n) is 5.01. The maximum atomic E-state index is 12.7. The summed E-state index contributed by atoms with van der Waals surface area (Å²) in [6, 6.07) is 20.6. The van der Waals surface area contributed by atoms with Crippen LogP contribution in [0, 0.1) is 0 Å². The summed E-state index contributed by atoms with van der Waals surface area (Å²) in [4.78, 5) is 12.7. The minimum Gasteiger partial charge on any atom is -0.497 e. The summed E-state index contributed by atoms with van der Waals surface area (Å²) in [5, 5.41) is 5.54. The molecule has 0 aliphatic rings. The van der Waals surface area contributed by atoms with E-state index in [1.807, 2.05) is 60.1 Å². The van der Waals surface area contributed by atoms with Crippen molar-refractivity contribution in [2.75, 3.05) is 7.11 Å². The van der Waals surface area contributed by atoms with Gasteiger partial charge in [0.05, 0.1) is 18.9 Å². The fourth-order valence-electron chi connectivity index (χ4n) is 3.42. The maximum Gasteiger partial charge on any atom is 0.273 e. The Kier molecular flexibility index (Phi) is 6.42. The minimum absolute atomic E-state index is 0.293. The van der Waals surface area contributed by atoms with E-state index in [0.717, 1.165) is 22.2 Å². The number of fused-ring (bicyclic) bond motifs is 1. The minimum atomic E-state index is -0.293. The standard InChI is InChI=1S/C25H22ClN3O3/c1-29-15-22(21-8-3-4-9-23(21)29)25(30)28-27-14-18-13-19(26)10-11-24(18)32-16-17-6-5-7-20(12-17)31-2/h3-15H,16H2,1-2H3,(H,28,30)/b27-14-. The van der Waals surface area contributed by atoms with Crippen molar-refractivity contribution in [1.82, 2.24) is 9.99 Å². The summed E-state index contributed by atoms with van der Waals surface area (Å²) in [5.41, 5.74) is 5.74. The van der Waals surface area contributed by atoms with Crippen LogP contribution in [0.1, 0.15) is 21.5 Å². The number of hydrogen-bond acceptors (Lipinski definition) is 4. The first kappa shape index (κ1) is 21.5. The number of nitrogens with zero attached hydrogens (tertiary/aromatic N) is 2. The molecule has 1 N–H and O–H groups in total. The summed E-state index contributed by atoms with van der Waals surface area (Å²) >= 11 is 6.16. The van der Waals surface area contributed by atoms with E-state index >= 15 is 0 Å². The van der Waals surface area contributed by atoms with Crippen molar-refractivity contribution in [3.8, 4) is 11.5 Å². The molecule has 0 spiro atoms. The molecule has 0 saturated heterocycles. The zero-order chi connectivity index (χ0) is 22.5. The van der Waals surface area contributed by atoms with Gasteiger partial charge < -0.3 is 14.0 Å². The molecular weight excluding hydrogens is 426 g/mol. The Morgan fingerprint density at radius 1 is 1.12 bits per heavy atom. The van der Waals surface area contributed by atoms with E-state index in [9.17, 15) is 4.79 Å². The van der Waals surface area contributed by atoms with Gasteiger partial charge in [-0.3, -0.25) is 4.79 Å². The Morgan fingerprint density at radius 2 is 1.97 bits per heavy atom. The highest BCUT2D eigenvalue weighted by Crippen LogP contribution is 2.24. The monoisotopic (exact) mass is 447 g/mol. The molecule has 4 rings (SSSR count). The highest BCUT2D eigenvalue weighted by Gasteiger charge is 2.13. The number of benzene rings is 3. The van der Waals surface area contributed by atoms with Crippen molar-refractivity contribution in [2.45, 2.75) is 6.61 Å². The van der Waals surface area contributed by atoms with Crippen molar-refractivity contribution in [3.63, 3.8) is 0 Å². The van der Waals surface area contributed by atoms with Crippen molar-refractivity contribution in [2.24, 2.45) is 12.1 Å². The summed E-state index contributed by atoms with van der Waals surface area (Å²) < 4.78 is 13.1. The molecule has 1 aromatic heterocycles. The Hall–Kier alpha value is -3.77. The van der Waals surface area contributed by atoms with Crippen LogP contribution in [0.25, 0.3) is 10.9 Å². The van der Waals surface area contributed by atoms with Gasteiger partial charge in [0.15, 0.2) is 0 Å². The Balaban J connectivity index is 1.48. The normalized spacial score (nSPS) is 11.1. The van der Waals surface area contributed by atoms with E-state index in [-0.39, 0.29) is 5.91 Å². The second kappa shape index (κ2) is 9.58. The first-order valence-corrected chi connectivity index (χ1v) is 10.4. The summed E-state index contributed by atoms with van der Waals surface area (Å²) in [7, 11) is 3.53. The highest BCUT2D eigenvalue weighted by molar-refractivity contribution is 6.30. The van der Waals surface area contributed by atoms with Crippen molar-refractivity contribution in [1.29, 1.82) is 0 Å². The Bertz CT molecular complexity index is 1300. The van der Waals surface area contributed by atoms with Gasteiger partial charge in [-0.05, 0) is 42.0 Å². The number of rotatable bonds is 7. The zero-order valence-corrected chi connectivity index (χ0v) is 18.5. The molecule has 3 aromatic carbocycles. The SMILES string of the molecule is COc1cccc(COc2ccc(Cl)cc2/C=N\NC(=O)c2cn(C)c3ccccc23)c1. The molecule has 0 aliphatic carbocycles. The molecule has 0 radical (unpaired) electrons. The second-order valence-corrected chi connectivity index (χ2v) is 7.63. The first-order chi connectivity index (χ1) is 15.5. The van der Waals surface area contributed by atoms with Crippen LogP contribution in [0.2, 0.25) is 5.02 Å². The van der Waals surface area contributed by atoms with Crippen LogP contribution < -0.4 is 14.9 Å². The number of para-hydroxylation sites is 1. The molecular formula is C25H22ClN3O3. The number of carbonyl (C=O) groups is 1. The lowest BCUT2D eigenvalue weighted by atomic mass is 10.2. The van der Waals surface area contributed by atoms with Crippen molar-refractivity contribution in [3.05, 3.63) is 94.6 Å². The van der Waals surface area contributed by atoms with Gasteiger partial charge in [0.2, 0.25) is 0 Å². The van der Waals surface area contributed by atoms with Crippen LogP contribution in [0.5, 0.6) is 11.5 Å². The molecule has 1 heterocycles. The van der Waals surface area contributed by atoms with E-state index in [1.54, 1.807) is 31.5 Å². The average molecular weight is 448 g/mol. The summed E-state index contributed by atoms with van der Waals surface area (Å²) in [5.74, 6) is 1.07. The molecule has 0 aliphatic heterocycles. The Morgan fingerprint density at radius 3 is 2.81 bits per heavy atom. The predicted octanol–water partition coefficient (Wildman–Crippen LogP) is 5.18. The van der Waals surface area contributed by atoms with E-state index in [0.29, 0.717) is 28.5 Å². The number of hydrazone groups is 1. The lowest BCUT2D eigenvalue weighted by Gasteiger charge is -2.10. The largest absolute Gasteiger partial charge is 0.497 e. The molecule has 4 aromatic rings. The van der Waals surface area contributed by atoms with Crippen LogP contribution in [0.4, 0.5) is 0 Å². The number of halogens is 1. The van der Waals surface area contributed by atoms with Gasteiger partial charge in [-0.15, -0.1) is 0 Å². The fraction of sp³-hybridized carbons (Fsp3) is 0.120. The van der Waals surface area contributed by atoms with Gasteiger partial charge in [-0.2, -0.15) is 5.10 Å². The summed E-state index contributed by atoms with van der Waals surface area (Å²) in [6.45, 7) is 0.349. The van der Waals surface area contributed by atoms with Crippen LogP contribution in [0.15, 0.2) is 78.0 Å². The maximum absolute atomic E-state index is 12.7. The predicted molar refractivity (Wildman–Crippen MR) is 127 cm³/mol. The van der Waals surface area contributed by atoms with Crippen molar-refractivity contribution < 1.29 is 14.3 Å². The number of methoxy groups -OCH3 is 1. The molecule has 0 fully saturated rings.